The number of aromatic amines is 1. The Morgan fingerprint density at radius 3 is 2.79 bits per heavy atom. The lowest BCUT2D eigenvalue weighted by Crippen LogP contribution is -2.42. The zero-order valence-corrected chi connectivity index (χ0v) is 16.7. The molecule has 2 aromatic rings. The molecule has 0 radical (unpaired) electrons. The quantitative estimate of drug-likeness (QED) is 0.659. The summed E-state index contributed by atoms with van der Waals surface area (Å²) in [5.41, 5.74) is 4.84. The first-order chi connectivity index (χ1) is 14.0. The standard InChI is InChI=1S/C20H28N4O5/c1-2-3-10-23-18(21)17(19(26)22-20(23)27)24(12-15-9-6-11-28-15)16(25)13-29-14-7-4-5-8-14/h6,9,11,14H,2-5,7-8,10,12-13,21H2,1H3,(H,22,26,27). The highest BCUT2D eigenvalue weighted by molar-refractivity contribution is 5.96. The number of nitrogen functional groups attached to an aromatic ring is 1. The maximum absolute atomic E-state index is 13.0. The number of carbonyl (C=O) groups is 1. The van der Waals surface area contributed by atoms with E-state index in [0.29, 0.717) is 18.7 Å². The molecule has 0 bridgehead atoms. The molecule has 9 nitrogen and oxygen atoms in total. The number of nitrogens with zero attached hydrogens (tertiary/aromatic N) is 2. The van der Waals surface area contributed by atoms with Gasteiger partial charge in [0.2, 0.25) is 0 Å². The van der Waals surface area contributed by atoms with E-state index in [1.807, 2.05) is 6.92 Å². The number of nitrogens with one attached hydrogen (secondary N) is 1. The molecule has 1 saturated carbocycles. The number of unbranched alkanes of at least 4 members (excludes halogenated alkanes) is 1. The smallest absolute Gasteiger partial charge is 0.330 e. The minimum absolute atomic E-state index is 0.0130. The van der Waals surface area contributed by atoms with Crippen LogP contribution in [0.4, 0.5) is 11.5 Å². The van der Waals surface area contributed by atoms with Crippen LogP contribution in [0.2, 0.25) is 0 Å². The molecule has 1 amide bonds. The van der Waals surface area contributed by atoms with Crippen molar-refractivity contribution in [3.63, 3.8) is 0 Å². The van der Waals surface area contributed by atoms with Gasteiger partial charge in [-0.3, -0.25) is 24.0 Å². The van der Waals surface area contributed by atoms with Crippen molar-refractivity contribution in [3.8, 4) is 0 Å². The Balaban J connectivity index is 1.93. The largest absolute Gasteiger partial charge is 0.467 e. The number of nitrogens with two attached hydrogens (primary N) is 1. The second kappa shape index (κ2) is 9.60. The molecule has 3 rings (SSSR count). The lowest BCUT2D eigenvalue weighted by Gasteiger charge is -2.24. The molecule has 0 unspecified atom stereocenters. The Morgan fingerprint density at radius 1 is 1.38 bits per heavy atom. The molecule has 2 heterocycles. The predicted octanol–water partition coefficient (Wildman–Crippen LogP) is 2.00. The first-order valence-corrected chi connectivity index (χ1v) is 10.1. The second-order valence-corrected chi connectivity index (χ2v) is 7.28. The molecule has 0 spiro atoms. The Hall–Kier alpha value is -2.81. The fourth-order valence-electron chi connectivity index (χ4n) is 3.55. The van der Waals surface area contributed by atoms with Gasteiger partial charge in [0.15, 0.2) is 5.69 Å². The third-order valence-electron chi connectivity index (χ3n) is 5.16. The number of H-pyrrole nitrogens is 1. The summed E-state index contributed by atoms with van der Waals surface area (Å²) in [6.07, 6.45) is 7.14. The molecule has 158 valence electrons. The van der Waals surface area contributed by atoms with Crippen LogP contribution in [-0.4, -0.2) is 28.2 Å². The van der Waals surface area contributed by atoms with Gasteiger partial charge >= 0.3 is 5.69 Å². The lowest BCUT2D eigenvalue weighted by atomic mass is 10.3. The van der Waals surface area contributed by atoms with Crippen molar-refractivity contribution < 1.29 is 13.9 Å². The van der Waals surface area contributed by atoms with E-state index in [9.17, 15) is 14.4 Å². The molecule has 0 saturated heterocycles. The Labute approximate surface area is 168 Å². The highest BCUT2D eigenvalue weighted by atomic mass is 16.5. The average Bonchev–Trinajstić information content (AvgIpc) is 3.39. The Morgan fingerprint density at radius 2 is 2.14 bits per heavy atom. The van der Waals surface area contributed by atoms with Gasteiger partial charge in [0.25, 0.3) is 11.5 Å². The topological polar surface area (TPSA) is 124 Å². The third-order valence-corrected chi connectivity index (χ3v) is 5.16. The number of ether oxygens (including phenoxy) is 1. The van der Waals surface area contributed by atoms with E-state index in [1.54, 1.807) is 12.1 Å². The van der Waals surface area contributed by atoms with Gasteiger partial charge in [-0.05, 0) is 31.4 Å². The number of hydrogen-bond donors (Lipinski definition) is 2. The number of rotatable bonds is 9. The van der Waals surface area contributed by atoms with Crippen LogP contribution < -0.4 is 21.9 Å². The number of aromatic nitrogens is 2. The summed E-state index contributed by atoms with van der Waals surface area (Å²) in [5, 5.41) is 0. The van der Waals surface area contributed by atoms with Crippen LogP contribution in [0.25, 0.3) is 0 Å². The minimum Gasteiger partial charge on any atom is -0.467 e. The molecule has 9 heteroatoms. The highest BCUT2D eigenvalue weighted by Gasteiger charge is 2.26. The van der Waals surface area contributed by atoms with Gasteiger partial charge in [-0.15, -0.1) is 0 Å². The maximum Gasteiger partial charge on any atom is 0.330 e. The number of anilines is 2. The summed E-state index contributed by atoms with van der Waals surface area (Å²) >= 11 is 0. The van der Waals surface area contributed by atoms with Gasteiger partial charge in [-0.1, -0.05) is 26.2 Å². The molecule has 0 aromatic carbocycles. The number of hydrogen-bond acceptors (Lipinski definition) is 6. The van der Waals surface area contributed by atoms with E-state index >= 15 is 0 Å². The summed E-state index contributed by atoms with van der Waals surface area (Å²) < 4.78 is 12.4. The second-order valence-electron chi connectivity index (χ2n) is 7.28. The van der Waals surface area contributed by atoms with Crippen LogP contribution in [0, 0.1) is 0 Å². The molecule has 0 atom stereocenters. The van der Waals surface area contributed by atoms with Gasteiger partial charge in [0.05, 0.1) is 18.9 Å². The van der Waals surface area contributed by atoms with E-state index in [-0.39, 0.29) is 30.8 Å². The first kappa shape index (κ1) is 20.9. The summed E-state index contributed by atoms with van der Waals surface area (Å²) in [5.74, 6) is 0.0449. The summed E-state index contributed by atoms with van der Waals surface area (Å²) in [6.45, 7) is 2.19. The van der Waals surface area contributed by atoms with E-state index in [1.165, 1.54) is 15.7 Å². The number of amides is 1. The van der Waals surface area contributed by atoms with Crippen LogP contribution in [0.15, 0.2) is 32.4 Å². The number of carbonyl (C=O) groups excluding carboxylic acids is 1. The first-order valence-electron chi connectivity index (χ1n) is 10.1. The molecule has 29 heavy (non-hydrogen) atoms. The molecular weight excluding hydrogens is 376 g/mol. The van der Waals surface area contributed by atoms with Crippen LogP contribution >= 0.6 is 0 Å². The van der Waals surface area contributed by atoms with Crippen LogP contribution in [0.3, 0.4) is 0 Å². The third kappa shape index (κ3) is 4.97. The molecule has 1 fully saturated rings. The Bertz CT molecular complexity index is 925. The minimum atomic E-state index is -0.707. The fraction of sp³-hybridized carbons (Fsp3) is 0.550. The summed E-state index contributed by atoms with van der Waals surface area (Å²) in [7, 11) is 0. The summed E-state index contributed by atoms with van der Waals surface area (Å²) in [6, 6.07) is 3.40. The van der Waals surface area contributed by atoms with Crippen molar-refractivity contribution in [1.29, 1.82) is 0 Å². The zero-order valence-electron chi connectivity index (χ0n) is 16.7. The van der Waals surface area contributed by atoms with E-state index in [0.717, 1.165) is 32.1 Å². The van der Waals surface area contributed by atoms with Gasteiger partial charge < -0.3 is 14.9 Å². The molecule has 1 aliphatic rings. The van der Waals surface area contributed by atoms with Crippen LogP contribution in [-0.2, 0) is 22.6 Å². The van der Waals surface area contributed by atoms with E-state index < -0.39 is 17.2 Å². The SMILES string of the molecule is CCCCn1c(N)c(N(Cc2ccco2)C(=O)COC2CCCC2)c(=O)[nH]c1=O. The van der Waals surface area contributed by atoms with Crippen molar-refractivity contribution in [2.45, 2.75) is 64.6 Å². The average molecular weight is 404 g/mol. The van der Waals surface area contributed by atoms with Crippen molar-refractivity contribution in [3.05, 3.63) is 45.0 Å². The van der Waals surface area contributed by atoms with Crippen LogP contribution in [0.5, 0.6) is 0 Å². The summed E-state index contributed by atoms with van der Waals surface area (Å²) in [4.78, 5) is 41.3. The van der Waals surface area contributed by atoms with Crippen molar-refractivity contribution in [2.75, 3.05) is 17.2 Å². The fourth-order valence-corrected chi connectivity index (χ4v) is 3.55. The lowest BCUT2D eigenvalue weighted by molar-refractivity contribution is -0.125. The molecule has 0 aliphatic heterocycles. The predicted molar refractivity (Wildman–Crippen MR) is 109 cm³/mol. The molecule has 1 aliphatic carbocycles. The van der Waals surface area contributed by atoms with Crippen LogP contribution in [0.1, 0.15) is 51.2 Å². The maximum atomic E-state index is 13.0. The zero-order chi connectivity index (χ0) is 20.8. The van der Waals surface area contributed by atoms with Gasteiger partial charge in [0.1, 0.15) is 18.2 Å². The molecule has 2 aromatic heterocycles. The Kier molecular flexibility index (Phi) is 6.92. The number of furan rings is 1. The molecule has 3 N–H and O–H groups in total. The van der Waals surface area contributed by atoms with E-state index in [4.69, 9.17) is 14.9 Å². The van der Waals surface area contributed by atoms with Crippen molar-refractivity contribution in [1.82, 2.24) is 9.55 Å². The van der Waals surface area contributed by atoms with Crippen molar-refractivity contribution in [2.24, 2.45) is 0 Å². The van der Waals surface area contributed by atoms with Gasteiger partial charge in [0, 0.05) is 6.54 Å². The normalized spacial score (nSPS) is 14.4. The van der Waals surface area contributed by atoms with Crippen molar-refractivity contribution >= 4 is 17.4 Å². The molecular formula is C20H28N4O5. The van der Waals surface area contributed by atoms with E-state index in [2.05, 4.69) is 4.98 Å². The van der Waals surface area contributed by atoms with Gasteiger partial charge in [-0.2, -0.15) is 0 Å². The highest BCUT2D eigenvalue weighted by Crippen LogP contribution is 2.23. The van der Waals surface area contributed by atoms with Gasteiger partial charge in [-0.25, -0.2) is 4.79 Å². The monoisotopic (exact) mass is 404 g/mol.